The normalized spacial score (nSPS) is 11.7. The third-order valence-corrected chi connectivity index (χ3v) is 4.59. The van der Waals surface area contributed by atoms with Crippen molar-refractivity contribution in [3.05, 3.63) is 59.7 Å². The Hall–Kier alpha value is -2.41. The fourth-order valence-electron chi connectivity index (χ4n) is 2.30. The third-order valence-electron chi connectivity index (χ3n) is 3.53. The molecule has 0 atom stereocenters. The van der Waals surface area contributed by atoms with Gasteiger partial charge in [0, 0.05) is 12.1 Å². The molecule has 2 aromatic carbocycles. The summed E-state index contributed by atoms with van der Waals surface area (Å²) in [7, 11) is 0. The summed E-state index contributed by atoms with van der Waals surface area (Å²) in [5, 5.41) is 0.531. The summed E-state index contributed by atoms with van der Waals surface area (Å²) in [6.45, 7) is 2.17. The molecule has 0 aliphatic rings. The number of halogens is 3. The number of hydrogen-bond donors (Lipinski definition) is 0. The fraction of sp³-hybridized carbons (Fsp3) is 0.176. The second kappa shape index (κ2) is 6.24. The molecule has 1 heterocycles. The van der Waals surface area contributed by atoms with Crippen LogP contribution < -0.4 is 4.90 Å². The second-order valence-corrected chi connectivity index (χ2v) is 6.10. The first-order valence-corrected chi connectivity index (χ1v) is 8.06. The molecule has 124 valence electrons. The summed E-state index contributed by atoms with van der Waals surface area (Å²) >= 11 is 1.37. The van der Waals surface area contributed by atoms with E-state index >= 15 is 0 Å². The van der Waals surface area contributed by atoms with Gasteiger partial charge in [-0.2, -0.15) is 13.2 Å². The number of para-hydroxylation sites is 1. The molecule has 24 heavy (non-hydrogen) atoms. The van der Waals surface area contributed by atoms with Crippen LogP contribution in [0.15, 0.2) is 48.5 Å². The van der Waals surface area contributed by atoms with Gasteiger partial charge in [0.1, 0.15) is 0 Å². The van der Waals surface area contributed by atoms with Crippen LogP contribution in [0.1, 0.15) is 22.8 Å². The monoisotopic (exact) mass is 350 g/mol. The van der Waals surface area contributed by atoms with Gasteiger partial charge in [-0.3, -0.25) is 9.69 Å². The van der Waals surface area contributed by atoms with Gasteiger partial charge < -0.3 is 0 Å². The van der Waals surface area contributed by atoms with Crippen LogP contribution in [0.3, 0.4) is 0 Å². The minimum Gasteiger partial charge on any atom is -0.284 e. The van der Waals surface area contributed by atoms with Crippen LogP contribution in [0.2, 0.25) is 0 Å². The van der Waals surface area contributed by atoms with Crippen LogP contribution in [0.4, 0.5) is 18.3 Å². The molecule has 0 bridgehead atoms. The Morgan fingerprint density at radius 1 is 1.12 bits per heavy atom. The second-order valence-electron chi connectivity index (χ2n) is 5.09. The summed E-state index contributed by atoms with van der Waals surface area (Å²) in [5.74, 6) is -0.370. The number of amides is 1. The highest BCUT2D eigenvalue weighted by atomic mass is 32.1. The van der Waals surface area contributed by atoms with Gasteiger partial charge in [-0.15, -0.1) is 0 Å². The zero-order chi connectivity index (χ0) is 17.3. The van der Waals surface area contributed by atoms with Crippen molar-refractivity contribution >= 4 is 32.6 Å². The van der Waals surface area contributed by atoms with E-state index < -0.39 is 11.7 Å². The van der Waals surface area contributed by atoms with Crippen LogP contribution in [0.25, 0.3) is 10.2 Å². The average molecular weight is 350 g/mol. The number of carbonyl (C=O) groups is 1. The zero-order valence-corrected chi connectivity index (χ0v) is 13.5. The molecule has 0 radical (unpaired) electrons. The van der Waals surface area contributed by atoms with Gasteiger partial charge in [-0.25, -0.2) is 4.98 Å². The van der Waals surface area contributed by atoms with Gasteiger partial charge in [0.2, 0.25) is 0 Å². The van der Waals surface area contributed by atoms with Crippen molar-refractivity contribution < 1.29 is 18.0 Å². The molecule has 1 amide bonds. The molecule has 3 nitrogen and oxygen atoms in total. The zero-order valence-electron chi connectivity index (χ0n) is 12.7. The Morgan fingerprint density at radius 2 is 1.79 bits per heavy atom. The van der Waals surface area contributed by atoms with Crippen LogP contribution in [-0.2, 0) is 6.18 Å². The largest absolute Gasteiger partial charge is 0.416 e. The number of carbonyl (C=O) groups excluding carboxylic acids is 1. The maximum atomic E-state index is 12.6. The molecule has 0 aliphatic heterocycles. The van der Waals surface area contributed by atoms with Gasteiger partial charge in [-0.05, 0) is 43.3 Å². The maximum Gasteiger partial charge on any atom is 0.416 e. The quantitative estimate of drug-likeness (QED) is 0.667. The lowest BCUT2D eigenvalue weighted by Crippen LogP contribution is -2.30. The Labute approximate surface area is 140 Å². The van der Waals surface area contributed by atoms with Gasteiger partial charge in [0.05, 0.1) is 15.8 Å². The lowest BCUT2D eigenvalue weighted by atomic mass is 10.1. The van der Waals surface area contributed by atoms with Crippen molar-refractivity contribution in [3.8, 4) is 0 Å². The van der Waals surface area contributed by atoms with E-state index in [1.807, 2.05) is 24.3 Å². The molecule has 0 saturated heterocycles. The summed E-state index contributed by atoms with van der Waals surface area (Å²) in [6, 6.07) is 11.7. The van der Waals surface area contributed by atoms with E-state index in [1.165, 1.54) is 28.4 Å². The van der Waals surface area contributed by atoms with Crippen LogP contribution in [0.5, 0.6) is 0 Å². The topological polar surface area (TPSA) is 33.2 Å². The van der Waals surface area contributed by atoms with E-state index in [0.717, 1.165) is 22.3 Å². The Kier molecular flexibility index (Phi) is 4.28. The van der Waals surface area contributed by atoms with Gasteiger partial charge >= 0.3 is 6.18 Å². The smallest absolute Gasteiger partial charge is 0.284 e. The first kappa shape index (κ1) is 16.4. The molecule has 0 saturated carbocycles. The summed E-state index contributed by atoms with van der Waals surface area (Å²) < 4.78 is 38.8. The van der Waals surface area contributed by atoms with E-state index in [9.17, 15) is 18.0 Å². The van der Waals surface area contributed by atoms with Crippen molar-refractivity contribution in [2.45, 2.75) is 13.1 Å². The minimum absolute atomic E-state index is 0.198. The highest BCUT2D eigenvalue weighted by Gasteiger charge is 2.30. The first-order valence-electron chi connectivity index (χ1n) is 7.25. The van der Waals surface area contributed by atoms with Gasteiger partial charge in [0.25, 0.3) is 5.91 Å². The Bertz CT molecular complexity index is 838. The lowest BCUT2D eigenvalue weighted by Gasteiger charge is -2.18. The lowest BCUT2D eigenvalue weighted by molar-refractivity contribution is -0.137. The number of nitrogens with zero attached hydrogens (tertiary/aromatic N) is 2. The molecule has 3 aromatic rings. The van der Waals surface area contributed by atoms with Crippen LogP contribution in [-0.4, -0.2) is 17.4 Å². The molecule has 7 heteroatoms. The van der Waals surface area contributed by atoms with Crippen molar-refractivity contribution in [1.29, 1.82) is 0 Å². The van der Waals surface area contributed by atoms with Crippen molar-refractivity contribution in [2.24, 2.45) is 0 Å². The number of anilines is 1. The molecule has 3 rings (SSSR count). The molecule has 0 N–H and O–H groups in total. The predicted octanol–water partition coefficient (Wildman–Crippen LogP) is 4.98. The van der Waals surface area contributed by atoms with Crippen LogP contribution >= 0.6 is 11.3 Å². The highest BCUT2D eigenvalue weighted by molar-refractivity contribution is 7.22. The number of aromatic nitrogens is 1. The van der Waals surface area contributed by atoms with Gasteiger partial charge in [0.15, 0.2) is 5.13 Å². The molecular formula is C17H13F3N2OS. The summed E-state index contributed by atoms with van der Waals surface area (Å²) in [5.41, 5.74) is 0.211. The number of rotatable bonds is 3. The molecule has 0 aliphatic carbocycles. The Morgan fingerprint density at radius 3 is 2.38 bits per heavy atom. The summed E-state index contributed by atoms with van der Waals surface area (Å²) in [4.78, 5) is 18.5. The van der Waals surface area contributed by atoms with E-state index in [1.54, 1.807) is 6.92 Å². The standard InChI is InChI=1S/C17H13F3N2OS/c1-2-22(16-21-13-5-3-4-6-14(13)24-16)15(23)11-7-9-12(10-8-11)17(18,19)20/h3-10H,2H2,1H3. The number of thiazole rings is 1. The van der Waals surface area contributed by atoms with E-state index in [4.69, 9.17) is 0 Å². The maximum absolute atomic E-state index is 12.6. The third kappa shape index (κ3) is 3.12. The molecule has 1 aromatic heterocycles. The number of hydrogen-bond acceptors (Lipinski definition) is 3. The highest BCUT2D eigenvalue weighted by Crippen LogP contribution is 2.31. The fourth-order valence-corrected chi connectivity index (χ4v) is 3.33. The van der Waals surface area contributed by atoms with E-state index in [2.05, 4.69) is 4.98 Å². The molecular weight excluding hydrogens is 337 g/mol. The first-order chi connectivity index (χ1) is 11.4. The molecule has 0 spiro atoms. The van der Waals surface area contributed by atoms with E-state index in [-0.39, 0.29) is 11.5 Å². The SMILES string of the molecule is CCN(C(=O)c1ccc(C(F)(F)F)cc1)c1nc2ccccc2s1. The van der Waals surface area contributed by atoms with Crippen molar-refractivity contribution in [2.75, 3.05) is 11.4 Å². The summed E-state index contributed by atoms with van der Waals surface area (Å²) in [6.07, 6.45) is -4.42. The average Bonchev–Trinajstić information content (AvgIpc) is 2.98. The predicted molar refractivity (Wildman–Crippen MR) is 88.4 cm³/mol. The van der Waals surface area contributed by atoms with Gasteiger partial charge in [-0.1, -0.05) is 23.5 Å². The van der Waals surface area contributed by atoms with E-state index in [0.29, 0.717) is 11.7 Å². The number of alkyl halides is 3. The number of fused-ring (bicyclic) bond motifs is 1. The number of benzene rings is 2. The molecule has 0 fully saturated rings. The Balaban J connectivity index is 1.91. The van der Waals surface area contributed by atoms with Crippen molar-refractivity contribution in [3.63, 3.8) is 0 Å². The van der Waals surface area contributed by atoms with Crippen molar-refractivity contribution in [1.82, 2.24) is 4.98 Å². The molecule has 0 unspecified atom stereocenters. The van der Waals surface area contributed by atoms with Crippen LogP contribution in [0, 0.1) is 0 Å². The minimum atomic E-state index is -4.42.